The van der Waals surface area contributed by atoms with Crippen LogP contribution in [0.2, 0.25) is 0 Å². The molecule has 0 unspecified atom stereocenters. The molecule has 0 bridgehead atoms. The average molecular weight is 318 g/mol. The zero-order valence-electron chi connectivity index (χ0n) is 13.5. The van der Waals surface area contributed by atoms with Crippen molar-refractivity contribution >= 4 is 5.69 Å². The summed E-state index contributed by atoms with van der Waals surface area (Å²) in [5.41, 5.74) is 0.652. The van der Waals surface area contributed by atoms with Crippen molar-refractivity contribution in [2.75, 3.05) is 44.2 Å². The summed E-state index contributed by atoms with van der Waals surface area (Å²) in [5.74, 6) is 0. The van der Waals surface area contributed by atoms with E-state index in [4.69, 9.17) is 5.11 Å². The third-order valence-electron chi connectivity index (χ3n) is 3.54. The van der Waals surface area contributed by atoms with Gasteiger partial charge in [-0.2, -0.15) is 13.2 Å². The first-order valence-corrected chi connectivity index (χ1v) is 7.67. The molecule has 0 spiro atoms. The number of benzene rings is 1. The minimum absolute atomic E-state index is 0.114. The molecule has 6 heteroatoms. The van der Waals surface area contributed by atoms with Gasteiger partial charge in [0.1, 0.15) is 0 Å². The Morgan fingerprint density at radius 3 is 2.14 bits per heavy atom. The Hall–Kier alpha value is -1.27. The summed E-state index contributed by atoms with van der Waals surface area (Å²) in [5, 5.41) is 8.88. The molecule has 0 radical (unpaired) electrons. The Kier molecular flexibility index (Phi) is 7.16. The molecule has 1 aliphatic heterocycles. The van der Waals surface area contributed by atoms with Gasteiger partial charge >= 0.3 is 6.18 Å². The third-order valence-corrected chi connectivity index (χ3v) is 3.54. The van der Waals surface area contributed by atoms with E-state index in [1.54, 1.807) is 13.0 Å². The van der Waals surface area contributed by atoms with Gasteiger partial charge in [0, 0.05) is 38.4 Å². The molecule has 22 heavy (non-hydrogen) atoms. The van der Waals surface area contributed by atoms with Crippen LogP contribution in [0.15, 0.2) is 18.2 Å². The number of piperazine rings is 1. The molecule has 0 amide bonds. The molecule has 0 aliphatic carbocycles. The molecule has 1 saturated heterocycles. The highest BCUT2D eigenvalue weighted by atomic mass is 19.4. The zero-order valence-corrected chi connectivity index (χ0v) is 13.5. The number of halogens is 3. The van der Waals surface area contributed by atoms with Gasteiger partial charge in [0.25, 0.3) is 0 Å². The number of aryl methyl sites for hydroxylation is 1. The molecule has 3 nitrogen and oxygen atoms in total. The standard InChI is InChI=1S/C14H19F3N2O.C2H6/c1-11-8-12(14(15,16)17)10-13(9-11)19-4-2-18(3-5-19)6-7-20;1-2/h8-10,20H,2-7H2,1H3;1-2H3. The fourth-order valence-corrected chi connectivity index (χ4v) is 2.48. The Balaban J connectivity index is 0.00000116. The van der Waals surface area contributed by atoms with E-state index in [-0.39, 0.29) is 6.61 Å². The van der Waals surface area contributed by atoms with Crippen LogP contribution in [0.5, 0.6) is 0 Å². The maximum absolute atomic E-state index is 12.8. The van der Waals surface area contributed by atoms with Crippen molar-refractivity contribution in [2.24, 2.45) is 0 Å². The number of hydrogen-bond acceptors (Lipinski definition) is 3. The van der Waals surface area contributed by atoms with E-state index < -0.39 is 11.7 Å². The van der Waals surface area contributed by atoms with Gasteiger partial charge in [-0.3, -0.25) is 4.90 Å². The lowest BCUT2D eigenvalue weighted by Gasteiger charge is -2.36. The minimum Gasteiger partial charge on any atom is -0.395 e. The summed E-state index contributed by atoms with van der Waals surface area (Å²) in [6.45, 7) is 9.30. The van der Waals surface area contributed by atoms with Gasteiger partial charge < -0.3 is 10.0 Å². The van der Waals surface area contributed by atoms with E-state index in [9.17, 15) is 13.2 Å². The van der Waals surface area contributed by atoms with Crippen LogP contribution in [-0.4, -0.2) is 49.3 Å². The van der Waals surface area contributed by atoms with E-state index in [2.05, 4.69) is 4.90 Å². The van der Waals surface area contributed by atoms with Crippen molar-refractivity contribution in [3.05, 3.63) is 29.3 Å². The Labute approximate surface area is 130 Å². The SMILES string of the molecule is CC.Cc1cc(N2CCN(CCO)CC2)cc(C(F)(F)F)c1. The van der Waals surface area contributed by atoms with Gasteiger partial charge in [-0.15, -0.1) is 0 Å². The quantitative estimate of drug-likeness (QED) is 0.927. The number of aliphatic hydroxyl groups excluding tert-OH is 1. The summed E-state index contributed by atoms with van der Waals surface area (Å²) >= 11 is 0. The van der Waals surface area contributed by atoms with Crippen LogP contribution in [-0.2, 0) is 6.18 Å². The summed E-state index contributed by atoms with van der Waals surface area (Å²) in [6, 6.07) is 4.18. The highest BCUT2D eigenvalue weighted by molar-refractivity contribution is 5.52. The first kappa shape index (κ1) is 18.8. The van der Waals surface area contributed by atoms with E-state index in [0.717, 1.165) is 13.1 Å². The van der Waals surface area contributed by atoms with E-state index in [1.807, 2.05) is 18.7 Å². The highest BCUT2D eigenvalue weighted by Crippen LogP contribution is 2.33. The first-order valence-electron chi connectivity index (χ1n) is 7.67. The number of anilines is 1. The fourth-order valence-electron chi connectivity index (χ4n) is 2.48. The predicted octanol–water partition coefficient (Wildman–Crippen LogP) is 3.15. The molecule has 0 aromatic heterocycles. The van der Waals surface area contributed by atoms with Crippen LogP contribution >= 0.6 is 0 Å². The van der Waals surface area contributed by atoms with Crippen molar-refractivity contribution in [3.63, 3.8) is 0 Å². The van der Waals surface area contributed by atoms with Gasteiger partial charge in [-0.1, -0.05) is 13.8 Å². The molecular weight excluding hydrogens is 293 g/mol. The Morgan fingerprint density at radius 2 is 1.64 bits per heavy atom. The topological polar surface area (TPSA) is 26.7 Å². The van der Waals surface area contributed by atoms with E-state index >= 15 is 0 Å². The molecule has 1 fully saturated rings. The lowest BCUT2D eigenvalue weighted by molar-refractivity contribution is -0.137. The molecule has 1 heterocycles. The molecule has 0 atom stereocenters. The van der Waals surface area contributed by atoms with E-state index in [1.165, 1.54) is 12.1 Å². The maximum Gasteiger partial charge on any atom is 0.416 e. The largest absolute Gasteiger partial charge is 0.416 e. The second-order valence-electron chi connectivity index (χ2n) is 5.11. The normalized spacial score (nSPS) is 16.2. The van der Waals surface area contributed by atoms with Crippen molar-refractivity contribution in [2.45, 2.75) is 26.9 Å². The molecule has 126 valence electrons. The molecule has 2 rings (SSSR count). The average Bonchev–Trinajstić information content (AvgIpc) is 2.49. The Morgan fingerprint density at radius 1 is 1.05 bits per heavy atom. The molecule has 1 aromatic rings. The van der Waals surface area contributed by atoms with Gasteiger partial charge in [0.05, 0.1) is 12.2 Å². The van der Waals surface area contributed by atoms with Crippen LogP contribution in [0.4, 0.5) is 18.9 Å². The van der Waals surface area contributed by atoms with Crippen LogP contribution < -0.4 is 4.90 Å². The summed E-state index contributed by atoms with van der Waals surface area (Å²) in [4.78, 5) is 4.08. The van der Waals surface area contributed by atoms with Gasteiger partial charge in [0.15, 0.2) is 0 Å². The third kappa shape index (κ3) is 5.18. The zero-order chi connectivity index (χ0) is 16.8. The number of β-amino-alcohol motifs (C(OH)–C–C–N with tert-alkyl or cyclic N) is 1. The molecule has 1 aromatic carbocycles. The monoisotopic (exact) mass is 318 g/mol. The van der Waals surface area contributed by atoms with Crippen molar-refractivity contribution in [3.8, 4) is 0 Å². The maximum atomic E-state index is 12.8. The lowest BCUT2D eigenvalue weighted by atomic mass is 10.1. The summed E-state index contributed by atoms with van der Waals surface area (Å²) < 4.78 is 38.5. The number of aliphatic hydroxyl groups is 1. The lowest BCUT2D eigenvalue weighted by Crippen LogP contribution is -2.47. The smallest absolute Gasteiger partial charge is 0.395 e. The number of hydrogen-bond donors (Lipinski definition) is 1. The molecular formula is C16H25F3N2O. The summed E-state index contributed by atoms with van der Waals surface area (Å²) in [6.07, 6.45) is -4.31. The van der Waals surface area contributed by atoms with Crippen LogP contribution in [0.25, 0.3) is 0 Å². The highest BCUT2D eigenvalue weighted by Gasteiger charge is 2.31. The van der Waals surface area contributed by atoms with Crippen LogP contribution in [0, 0.1) is 6.92 Å². The number of rotatable bonds is 3. The molecule has 1 aliphatic rings. The van der Waals surface area contributed by atoms with Crippen molar-refractivity contribution in [1.82, 2.24) is 4.90 Å². The second-order valence-corrected chi connectivity index (χ2v) is 5.11. The minimum atomic E-state index is -4.31. The molecule has 0 saturated carbocycles. The molecule has 1 N–H and O–H groups in total. The first-order chi connectivity index (χ1) is 10.4. The fraction of sp³-hybridized carbons (Fsp3) is 0.625. The van der Waals surface area contributed by atoms with Crippen LogP contribution in [0.3, 0.4) is 0 Å². The van der Waals surface area contributed by atoms with Crippen molar-refractivity contribution < 1.29 is 18.3 Å². The predicted molar refractivity (Wildman–Crippen MR) is 83.3 cm³/mol. The van der Waals surface area contributed by atoms with Gasteiger partial charge in [-0.25, -0.2) is 0 Å². The van der Waals surface area contributed by atoms with Gasteiger partial charge in [-0.05, 0) is 30.7 Å². The Bertz CT molecular complexity index is 455. The van der Waals surface area contributed by atoms with E-state index in [0.29, 0.717) is 30.9 Å². The number of alkyl halides is 3. The summed E-state index contributed by atoms with van der Waals surface area (Å²) in [7, 11) is 0. The number of nitrogens with zero attached hydrogens (tertiary/aromatic N) is 2. The second kappa shape index (κ2) is 8.39. The van der Waals surface area contributed by atoms with Gasteiger partial charge in [0.2, 0.25) is 0 Å². The van der Waals surface area contributed by atoms with Crippen molar-refractivity contribution in [1.29, 1.82) is 0 Å². The van der Waals surface area contributed by atoms with Crippen LogP contribution in [0.1, 0.15) is 25.0 Å².